The number of ether oxygens (including phenoxy) is 3. The molecule has 2 aromatic rings. The van der Waals surface area contributed by atoms with Crippen molar-refractivity contribution in [2.45, 2.75) is 62.5 Å². The van der Waals surface area contributed by atoms with Crippen molar-refractivity contribution in [3.8, 4) is 0 Å². The predicted molar refractivity (Wildman–Crippen MR) is 118 cm³/mol. The maximum Gasteiger partial charge on any atom is 0.511 e. The number of hydrogen-bond acceptors (Lipinski definition) is 9. The molecule has 9 nitrogen and oxygen atoms in total. The van der Waals surface area contributed by atoms with Crippen LogP contribution in [0.4, 0.5) is 23.9 Å². The lowest BCUT2D eigenvalue weighted by Crippen LogP contribution is -2.27. The molecule has 1 aliphatic rings. The van der Waals surface area contributed by atoms with Crippen LogP contribution < -0.4 is 0 Å². The molecule has 34 heavy (non-hydrogen) atoms. The number of aryl methyl sites for hydroxylation is 1. The first kappa shape index (κ1) is 26.1. The average Bonchev–Trinajstić information content (AvgIpc) is 3.17. The van der Waals surface area contributed by atoms with Gasteiger partial charge < -0.3 is 14.2 Å². The Morgan fingerprint density at radius 2 is 1.97 bits per heavy atom. The van der Waals surface area contributed by atoms with E-state index < -0.39 is 24.2 Å². The van der Waals surface area contributed by atoms with Gasteiger partial charge in [0.25, 0.3) is 5.95 Å². The maximum absolute atomic E-state index is 13.4. The molecule has 0 aliphatic heterocycles. The lowest BCUT2D eigenvalue weighted by atomic mass is 9.98. The molecule has 0 bridgehead atoms. The van der Waals surface area contributed by atoms with Gasteiger partial charge in [-0.05, 0) is 54.5 Å². The summed E-state index contributed by atoms with van der Waals surface area (Å²) in [5.41, 5.74) is -0.855. The number of halogens is 4. The number of tetrazole rings is 1. The summed E-state index contributed by atoms with van der Waals surface area (Å²) in [4.78, 5) is 16.2. The van der Waals surface area contributed by atoms with E-state index in [4.69, 9.17) is 25.8 Å². The normalized spacial score (nSPS) is 16.3. The van der Waals surface area contributed by atoms with Crippen LogP contribution in [0.5, 0.6) is 0 Å². The van der Waals surface area contributed by atoms with E-state index in [9.17, 15) is 18.0 Å². The van der Waals surface area contributed by atoms with E-state index in [2.05, 4.69) is 20.5 Å². The fourth-order valence-electron chi connectivity index (χ4n) is 3.37. The van der Waals surface area contributed by atoms with E-state index in [1.165, 1.54) is 24.9 Å². The maximum atomic E-state index is 13.4. The molecule has 1 unspecified atom stereocenters. The Morgan fingerprint density at radius 3 is 2.56 bits per heavy atom. The number of nitrogens with zero attached hydrogens (tertiary/aromatic N) is 5. The third-order valence-electron chi connectivity index (χ3n) is 4.99. The first-order valence-corrected chi connectivity index (χ1v) is 12.0. The van der Waals surface area contributed by atoms with Crippen molar-refractivity contribution in [2.75, 3.05) is 6.26 Å². The van der Waals surface area contributed by atoms with E-state index >= 15 is 0 Å². The SMILES string of the molecule is CSc1c(C(F)(F)F)ccc(/C(=N/c2nnnn2C)OC(C)OC(=O)OC2CCCCC2)c1Cl. The van der Waals surface area contributed by atoms with Gasteiger partial charge in [-0.2, -0.15) is 18.2 Å². The summed E-state index contributed by atoms with van der Waals surface area (Å²) in [7, 11) is 1.51. The quantitative estimate of drug-likeness (QED) is 0.161. The van der Waals surface area contributed by atoms with Crippen LogP contribution >= 0.6 is 23.4 Å². The van der Waals surface area contributed by atoms with Gasteiger partial charge in [0.2, 0.25) is 12.2 Å². The first-order chi connectivity index (χ1) is 16.1. The molecule has 1 atom stereocenters. The third kappa shape index (κ3) is 6.53. The Bertz CT molecular complexity index is 1040. The highest BCUT2D eigenvalue weighted by molar-refractivity contribution is 7.98. The zero-order valence-corrected chi connectivity index (χ0v) is 20.2. The third-order valence-corrected chi connectivity index (χ3v) is 6.33. The molecule has 0 radical (unpaired) electrons. The number of rotatable bonds is 6. The van der Waals surface area contributed by atoms with Crippen LogP contribution in [-0.4, -0.2) is 50.9 Å². The zero-order valence-electron chi connectivity index (χ0n) is 18.6. The highest BCUT2D eigenvalue weighted by atomic mass is 35.5. The molecule has 0 spiro atoms. The van der Waals surface area contributed by atoms with E-state index in [1.807, 2.05) is 0 Å². The molecule has 1 aromatic carbocycles. The van der Waals surface area contributed by atoms with Crippen molar-refractivity contribution in [2.24, 2.45) is 12.0 Å². The van der Waals surface area contributed by atoms with E-state index in [0.717, 1.165) is 56.0 Å². The van der Waals surface area contributed by atoms with Crippen LogP contribution in [0.1, 0.15) is 50.2 Å². The van der Waals surface area contributed by atoms with Crippen LogP contribution in [-0.2, 0) is 27.4 Å². The number of hydrogen-bond donors (Lipinski definition) is 0. The molecular weight excluding hydrogens is 499 g/mol. The Labute approximate surface area is 203 Å². The highest BCUT2D eigenvalue weighted by Crippen LogP contribution is 2.41. The van der Waals surface area contributed by atoms with Crippen molar-refractivity contribution >= 4 is 41.4 Å². The molecule has 0 saturated heterocycles. The largest absolute Gasteiger partial charge is 0.511 e. The lowest BCUT2D eigenvalue weighted by Gasteiger charge is -2.23. The molecule has 0 amide bonds. The molecule has 1 aliphatic carbocycles. The molecule has 1 saturated carbocycles. The second kappa shape index (κ2) is 11.3. The number of thioether (sulfide) groups is 1. The van der Waals surface area contributed by atoms with Gasteiger partial charge in [0.05, 0.1) is 16.1 Å². The molecule has 186 valence electrons. The Kier molecular flexibility index (Phi) is 8.63. The van der Waals surface area contributed by atoms with Gasteiger partial charge in [-0.15, -0.1) is 11.8 Å². The lowest BCUT2D eigenvalue weighted by molar-refractivity contribution is -0.139. The second-order valence-electron chi connectivity index (χ2n) is 7.46. The fourth-order valence-corrected chi connectivity index (χ4v) is 4.54. The summed E-state index contributed by atoms with van der Waals surface area (Å²) in [5, 5.41) is 10.6. The molecule has 1 aromatic heterocycles. The smallest absolute Gasteiger partial charge is 0.437 e. The van der Waals surface area contributed by atoms with E-state index in [1.54, 1.807) is 0 Å². The Balaban J connectivity index is 1.87. The molecule has 14 heteroatoms. The number of aromatic nitrogens is 4. The van der Waals surface area contributed by atoms with Crippen molar-refractivity contribution in [1.82, 2.24) is 20.2 Å². The Hall–Kier alpha value is -2.54. The van der Waals surface area contributed by atoms with Gasteiger partial charge in [-0.3, -0.25) is 0 Å². The van der Waals surface area contributed by atoms with Gasteiger partial charge in [-0.25, -0.2) is 9.48 Å². The standard InChI is InChI=1S/C20H23ClF3N5O4S/c1-11(32-19(30)33-12-7-5-4-6-8-12)31-17(25-18-26-27-28-29(18)2)13-9-10-14(20(22,23)24)16(34-3)15(13)21/h9-12H,4-8H2,1-3H3/b25-17-. The average molecular weight is 522 g/mol. The summed E-state index contributed by atoms with van der Waals surface area (Å²) in [6.45, 7) is 1.42. The summed E-state index contributed by atoms with van der Waals surface area (Å²) in [6.07, 6.45) is -0.925. The summed E-state index contributed by atoms with van der Waals surface area (Å²) >= 11 is 7.17. The van der Waals surface area contributed by atoms with Gasteiger partial charge in [0, 0.05) is 18.9 Å². The van der Waals surface area contributed by atoms with Crippen LogP contribution in [0.25, 0.3) is 0 Å². The first-order valence-electron chi connectivity index (χ1n) is 10.4. The number of aliphatic imine (C=N–C) groups is 1. The molecule has 1 fully saturated rings. The minimum Gasteiger partial charge on any atom is -0.437 e. The number of alkyl halides is 3. The summed E-state index contributed by atoms with van der Waals surface area (Å²) in [5.74, 6) is -0.237. The van der Waals surface area contributed by atoms with Gasteiger partial charge >= 0.3 is 12.3 Å². The van der Waals surface area contributed by atoms with Crippen molar-refractivity contribution in [1.29, 1.82) is 0 Å². The van der Waals surface area contributed by atoms with Crippen LogP contribution in [0.15, 0.2) is 22.0 Å². The molecule has 3 rings (SSSR count). The number of carbonyl (C=O) groups excluding carboxylic acids is 1. The van der Waals surface area contributed by atoms with E-state index in [0.29, 0.717) is 0 Å². The fraction of sp³-hybridized carbons (Fsp3) is 0.550. The van der Waals surface area contributed by atoms with Crippen LogP contribution in [0.3, 0.4) is 0 Å². The van der Waals surface area contributed by atoms with Crippen LogP contribution in [0, 0.1) is 0 Å². The van der Waals surface area contributed by atoms with Gasteiger partial charge in [0.15, 0.2) is 0 Å². The second-order valence-corrected chi connectivity index (χ2v) is 8.65. The number of carbonyl (C=O) groups is 1. The summed E-state index contributed by atoms with van der Waals surface area (Å²) in [6, 6.07) is 2.00. The van der Waals surface area contributed by atoms with Crippen LogP contribution in [0.2, 0.25) is 5.02 Å². The van der Waals surface area contributed by atoms with Crippen molar-refractivity contribution in [3.05, 3.63) is 28.3 Å². The highest BCUT2D eigenvalue weighted by Gasteiger charge is 2.35. The zero-order chi connectivity index (χ0) is 24.9. The number of benzene rings is 1. The van der Waals surface area contributed by atoms with Crippen molar-refractivity contribution in [3.63, 3.8) is 0 Å². The van der Waals surface area contributed by atoms with Gasteiger partial charge in [0.1, 0.15) is 6.10 Å². The van der Waals surface area contributed by atoms with E-state index in [-0.39, 0.29) is 33.4 Å². The minimum atomic E-state index is -4.61. The molecule has 1 heterocycles. The topological polar surface area (TPSA) is 101 Å². The Morgan fingerprint density at radius 1 is 1.26 bits per heavy atom. The molecule has 0 N–H and O–H groups in total. The molecular formula is C20H23ClF3N5O4S. The monoisotopic (exact) mass is 521 g/mol. The predicted octanol–water partition coefficient (Wildman–Crippen LogP) is 5.53. The van der Waals surface area contributed by atoms with Crippen molar-refractivity contribution < 1.29 is 32.2 Å². The minimum absolute atomic E-state index is 0.00588. The summed E-state index contributed by atoms with van der Waals surface area (Å²) < 4.78 is 57.6. The van der Waals surface area contributed by atoms with Gasteiger partial charge in [-0.1, -0.05) is 23.1 Å².